The van der Waals surface area contributed by atoms with Crippen LogP contribution in [0.2, 0.25) is 0 Å². The van der Waals surface area contributed by atoms with Crippen molar-refractivity contribution in [3.8, 4) is 0 Å². The van der Waals surface area contributed by atoms with E-state index in [-0.39, 0.29) is 0 Å². The molecule has 1 saturated carbocycles. The van der Waals surface area contributed by atoms with Gasteiger partial charge in [-0.05, 0) is 36.3 Å². The highest BCUT2D eigenvalue weighted by Gasteiger charge is 2.37. The minimum atomic E-state index is 0.318. The van der Waals surface area contributed by atoms with E-state index in [0.29, 0.717) is 18.4 Å². The van der Waals surface area contributed by atoms with E-state index >= 15 is 0 Å². The van der Waals surface area contributed by atoms with Gasteiger partial charge in [0.2, 0.25) is 0 Å². The number of furan rings is 1. The Kier molecular flexibility index (Phi) is 1.70. The molecule has 0 radical (unpaired) electrons. The van der Waals surface area contributed by atoms with Crippen LogP contribution in [0.15, 0.2) is 23.0 Å². The van der Waals surface area contributed by atoms with Crippen molar-refractivity contribution in [3.05, 3.63) is 24.2 Å². The molecule has 1 aliphatic rings. The predicted octanol–water partition coefficient (Wildman–Crippen LogP) is 1.77. The lowest BCUT2D eigenvalue weighted by Gasteiger charge is -1.91. The summed E-state index contributed by atoms with van der Waals surface area (Å²) in [5.74, 6) is 1.37. The van der Waals surface area contributed by atoms with Gasteiger partial charge >= 0.3 is 0 Å². The topological polar surface area (TPSA) is 33.4 Å². The van der Waals surface area contributed by atoms with Crippen molar-refractivity contribution < 1.29 is 9.52 Å². The Morgan fingerprint density at radius 1 is 1.64 bits per heavy atom. The van der Waals surface area contributed by atoms with Crippen LogP contribution >= 0.6 is 0 Å². The molecule has 1 aliphatic carbocycles. The Morgan fingerprint density at radius 2 is 2.55 bits per heavy atom. The molecule has 1 aromatic heterocycles. The smallest absolute Gasteiger partial charge is 0.0937 e. The highest BCUT2D eigenvalue weighted by atomic mass is 16.3. The van der Waals surface area contributed by atoms with Crippen LogP contribution in [0.1, 0.15) is 24.3 Å². The van der Waals surface area contributed by atoms with E-state index < -0.39 is 0 Å². The van der Waals surface area contributed by atoms with Gasteiger partial charge in [-0.15, -0.1) is 0 Å². The molecule has 0 saturated heterocycles. The number of hydrogen-bond donors (Lipinski definition) is 1. The summed E-state index contributed by atoms with van der Waals surface area (Å²) in [7, 11) is 0. The normalized spacial score (nSPS) is 28.8. The third kappa shape index (κ3) is 1.31. The molecule has 0 aromatic carbocycles. The van der Waals surface area contributed by atoms with Gasteiger partial charge in [-0.3, -0.25) is 0 Å². The van der Waals surface area contributed by atoms with Crippen LogP contribution in [0.4, 0.5) is 0 Å². The van der Waals surface area contributed by atoms with Crippen molar-refractivity contribution in [3.63, 3.8) is 0 Å². The maximum Gasteiger partial charge on any atom is 0.0937 e. The minimum absolute atomic E-state index is 0.318. The van der Waals surface area contributed by atoms with E-state index in [0.717, 1.165) is 6.42 Å². The molecule has 1 aromatic rings. The Bertz CT molecular complexity index is 215. The van der Waals surface area contributed by atoms with Crippen LogP contribution in [0.5, 0.6) is 0 Å². The molecule has 60 valence electrons. The minimum Gasteiger partial charge on any atom is -0.472 e. The highest BCUT2D eigenvalue weighted by molar-refractivity contribution is 5.20. The Morgan fingerprint density at radius 3 is 3.18 bits per heavy atom. The maximum absolute atomic E-state index is 8.67. The first-order valence-electron chi connectivity index (χ1n) is 4.05. The fraction of sp³-hybridized carbons (Fsp3) is 0.556. The predicted molar refractivity (Wildman–Crippen MR) is 41.3 cm³/mol. The molecule has 0 aliphatic heterocycles. The Labute approximate surface area is 65.8 Å². The molecule has 0 bridgehead atoms. The summed E-state index contributed by atoms with van der Waals surface area (Å²) in [6.45, 7) is 0.318. The standard InChI is InChI=1S/C9H12O2/c10-3-1-7-5-9(7)8-2-4-11-6-8/h2,4,6-7,9-10H,1,3,5H2/t7-,9+/m0/s1. The molecule has 0 amide bonds. The first-order valence-corrected chi connectivity index (χ1v) is 4.05. The molecule has 2 nitrogen and oxygen atoms in total. The summed E-state index contributed by atoms with van der Waals surface area (Å²) in [5, 5.41) is 8.67. The van der Waals surface area contributed by atoms with Gasteiger partial charge in [0.25, 0.3) is 0 Å². The van der Waals surface area contributed by atoms with Crippen molar-refractivity contribution in [2.45, 2.75) is 18.8 Å². The van der Waals surface area contributed by atoms with E-state index in [9.17, 15) is 0 Å². The van der Waals surface area contributed by atoms with Gasteiger partial charge in [-0.2, -0.15) is 0 Å². The average molecular weight is 152 g/mol. The van der Waals surface area contributed by atoms with Gasteiger partial charge in [0, 0.05) is 6.61 Å². The Balaban J connectivity index is 1.92. The summed E-state index contributed by atoms with van der Waals surface area (Å²) >= 11 is 0. The molecule has 1 fully saturated rings. The fourth-order valence-electron chi connectivity index (χ4n) is 1.63. The summed E-state index contributed by atoms with van der Waals surface area (Å²) in [6.07, 6.45) is 5.68. The number of aliphatic hydroxyl groups excluding tert-OH is 1. The highest BCUT2D eigenvalue weighted by Crippen LogP contribution is 2.49. The van der Waals surface area contributed by atoms with E-state index in [4.69, 9.17) is 9.52 Å². The van der Waals surface area contributed by atoms with Crippen molar-refractivity contribution in [2.75, 3.05) is 6.61 Å². The van der Waals surface area contributed by atoms with E-state index in [2.05, 4.69) is 0 Å². The SMILES string of the molecule is OCC[C@H]1C[C@H]1c1ccoc1. The second kappa shape index (κ2) is 2.70. The van der Waals surface area contributed by atoms with Crippen LogP contribution in [-0.4, -0.2) is 11.7 Å². The Hall–Kier alpha value is -0.760. The van der Waals surface area contributed by atoms with Gasteiger partial charge in [-0.1, -0.05) is 0 Å². The molecule has 1 N–H and O–H groups in total. The third-order valence-corrected chi connectivity index (χ3v) is 2.39. The summed E-state index contributed by atoms with van der Waals surface area (Å²) in [4.78, 5) is 0. The number of hydrogen-bond acceptors (Lipinski definition) is 2. The van der Waals surface area contributed by atoms with Crippen LogP contribution in [-0.2, 0) is 0 Å². The largest absolute Gasteiger partial charge is 0.472 e. The van der Waals surface area contributed by atoms with Crippen LogP contribution < -0.4 is 0 Å². The van der Waals surface area contributed by atoms with Crippen LogP contribution in [0.25, 0.3) is 0 Å². The van der Waals surface area contributed by atoms with Crippen molar-refractivity contribution in [2.24, 2.45) is 5.92 Å². The van der Waals surface area contributed by atoms with Crippen molar-refractivity contribution >= 4 is 0 Å². The zero-order valence-electron chi connectivity index (χ0n) is 6.36. The molecular weight excluding hydrogens is 140 g/mol. The monoisotopic (exact) mass is 152 g/mol. The number of rotatable bonds is 3. The van der Waals surface area contributed by atoms with Gasteiger partial charge < -0.3 is 9.52 Å². The lowest BCUT2D eigenvalue weighted by atomic mass is 10.1. The quantitative estimate of drug-likeness (QED) is 0.716. The molecular formula is C9H12O2. The first-order chi connectivity index (χ1) is 5.42. The summed E-state index contributed by atoms with van der Waals surface area (Å²) in [6, 6.07) is 2.02. The van der Waals surface area contributed by atoms with Crippen LogP contribution in [0, 0.1) is 5.92 Å². The second-order valence-corrected chi connectivity index (χ2v) is 3.17. The van der Waals surface area contributed by atoms with E-state index in [1.165, 1.54) is 12.0 Å². The van der Waals surface area contributed by atoms with Gasteiger partial charge in [-0.25, -0.2) is 0 Å². The summed E-state index contributed by atoms with van der Waals surface area (Å²) < 4.78 is 4.98. The second-order valence-electron chi connectivity index (χ2n) is 3.17. The lowest BCUT2D eigenvalue weighted by Crippen LogP contribution is -1.86. The van der Waals surface area contributed by atoms with Crippen LogP contribution in [0.3, 0.4) is 0 Å². The molecule has 2 rings (SSSR count). The van der Waals surface area contributed by atoms with E-state index in [1.54, 1.807) is 6.26 Å². The lowest BCUT2D eigenvalue weighted by molar-refractivity contribution is 0.279. The number of aliphatic hydroxyl groups is 1. The molecule has 11 heavy (non-hydrogen) atoms. The molecule has 2 atom stereocenters. The first kappa shape index (κ1) is 6.92. The van der Waals surface area contributed by atoms with Crippen molar-refractivity contribution in [1.29, 1.82) is 0 Å². The fourth-order valence-corrected chi connectivity index (χ4v) is 1.63. The van der Waals surface area contributed by atoms with Crippen molar-refractivity contribution in [1.82, 2.24) is 0 Å². The maximum atomic E-state index is 8.67. The van der Waals surface area contributed by atoms with Gasteiger partial charge in [0.1, 0.15) is 0 Å². The molecule has 1 heterocycles. The summed E-state index contributed by atoms with van der Waals surface area (Å²) in [5.41, 5.74) is 1.29. The molecule has 2 heteroatoms. The third-order valence-electron chi connectivity index (χ3n) is 2.39. The molecule has 0 unspecified atom stereocenters. The zero-order valence-corrected chi connectivity index (χ0v) is 6.36. The van der Waals surface area contributed by atoms with E-state index in [1.807, 2.05) is 12.3 Å². The van der Waals surface area contributed by atoms with Gasteiger partial charge in [0.15, 0.2) is 0 Å². The average Bonchev–Trinajstić information content (AvgIpc) is 2.61. The zero-order chi connectivity index (χ0) is 7.68. The van der Waals surface area contributed by atoms with Gasteiger partial charge in [0.05, 0.1) is 12.5 Å². The molecule has 0 spiro atoms.